The Kier molecular flexibility index (Phi) is 10.3. The first-order valence-electron chi connectivity index (χ1n) is 10.8. The van der Waals surface area contributed by atoms with E-state index in [1.807, 2.05) is 5.73 Å². The topological polar surface area (TPSA) is 255 Å². The maximum atomic E-state index is 12.5. The Labute approximate surface area is 196 Å². The summed E-state index contributed by atoms with van der Waals surface area (Å²) in [6.45, 7) is 2.74. The largest absolute Gasteiger partial charge is 0.479 e. The summed E-state index contributed by atoms with van der Waals surface area (Å²) in [7, 11) is 0. The number of hydrogen-bond acceptors (Lipinski definition) is 12. The van der Waals surface area contributed by atoms with Crippen molar-refractivity contribution in [2.45, 2.75) is 82.4 Å². The zero-order valence-electron chi connectivity index (χ0n) is 19.9. The fourth-order valence-electron chi connectivity index (χ4n) is 3.32. The summed E-state index contributed by atoms with van der Waals surface area (Å²) in [4.78, 5) is 60.4. The number of carbonyl (C=O) groups excluding carboxylic acids is 4. The summed E-state index contributed by atoms with van der Waals surface area (Å²) in [5, 5.41) is 29.2. The third-order valence-electron chi connectivity index (χ3n) is 5.12. The first-order valence-corrected chi connectivity index (χ1v) is 10.3. The highest BCUT2D eigenvalue weighted by atomic mass is 16.6. The lowest BCUT2D eigenvalue weighted by Crippen LogP contribution is -2.70. The molecular weight excluding hydrogens is 460 g/mol. The van der Waals surface area contributed by atoms with E-state index in [-0.39, 0.29) is 0 Å². The number of primary amides is 1. The molecule has 1 fully saturated rings. The van der Waals surface area contributed by atoms with Crippen molar-refractivity contribution in [3.8, 4) is 0 Å². The van der Waals surface area contributed by atoms with Gasteiger partial charge in [0.25, 0.3) is 0 Å². The maximum absolute atomic E-state index is 12.5. The van der Waals surface area contributed by atoms with E-state index >= 15 is 0 Å². The molecule has 0 spiro atoms. The number of rotatable bonds is 12. The van der Waals surface area contributed by atoms with E-state index in [4.69, 9.17) is 27.5 Å². The van der Waals surface area contributed by atoms with Gasteiger partial charge in [-0.1, -0.05) is 0 Å². The third-order valence-corrected chi connectivity index (χ3v) is 5.12. The Morgan fingerprint density at radius 1 is 1.24 bits per heavy atom. The van der Waals surface area contributed by atoms with Gasteiger partial charge < -0.3 is 51.6 Å². The predicted molar refractivity (Wildman–Crippen MR) is 111 cm³/mol. The van der Waals surface area contributed by atoms with Gasteiger partial charge in [0, 0.05) is 13.3 Å². The lowest BCUT2D eigenvalue weighted by Gasteiger charge is -2.48. The molecular formula is C19H32N4O11. The Bertz CT molecular complexity index is 801. The number of hydrogen-bond donors (Lipinski definition) is 6. The van der Waals surface area contributed by atoms with Crippen LogP contribution in [0.5, 0.6) is 0 Å². The van der Waals surface area contributed by atoms with Crippen molar-refractivity contribution in [3.05, 3.63) is 0 Å². The van der Waals surface area contributed by atoms with Crippen LogP contribution in [-0.2, 0) is 38.2 Å². The number of nitrogens with zero attached hydrogens (tertiary/aromatic N) is 1. The van der Waals surface area contributed by atoms with E-state index in [0.717, 1.165) is 11.8 Å². The molecule has 194 valence electrons. The van der Waals surface area contributed by atoms with Crippen LogP contribution in [0.4, 0.5) is 0 Å². The molecule has 15 nitrogen and oxygen atoms in total. The number of carboxylic acid groups (broad SMARTS) is 1. The molecule has 0 aromatic carbocycles. The van der Waals surface area contributed by atoms with Crippen molar-refractivity contribution >= 4 is 29.7 Å². The number of aliphatic carboxylic acids is 1. The summed E-state index contributed by atoms with van der Waals surface area (Å²) in [5.41, 5.74) is 13.4. The molecule has 0 saturated carbocycles. The zero-order chi connectivity index (χ0) is 27.0. The molecule has 1 unspecified atom stereocenters. The predicted octanol–water partition coefficient (Wildman–Crippen LogP) is -3.85. The van der Waals surface area contributed by atoms with Gasteiger partial charge in [0.1, 0.15) is 31.8 Å². The quantitative estimate of drug-likeness (QED) is 0.113. The minimum absolute atomic E-state index is 0.417. The lowest BCUT2D eigenvalue weighted by atomic mass is 9.94. The second kappa shape index (κ2) is 12.7. The van der Waals surface area contributed by atoms with Crippen LogP contribution in [0.15, 0.2) is 0 Å². The maximum Gasteiger partial charge on any atom is 0.332 e. The Balaban J connectivity index is 3.17. The Hall–Kier alpha value is -2.69. The highest BCUT2D eigenvalue weighted by molar-refractivity contribution is 5.89. The second-order valence-corrected chi connectivity index (χ2v) is 7.79. The van der Waals surface area contributed by atoms with Crippen LogP contribution in [0.25, 0.3) is 0 Å². The van der Waals surface area contributed by atoms with Crippen molar-refractivity contribution in [2.75, 3.05) is 6.61 Å². The van der Waals surface area contributed by atoms with Crippen LogP contribution in [0.3, 0.4) is 0 Å². The first kappa shape index (κ1) is 27.6. The molecule has 0 aromatic heterocycles. The SMILES string of the molecule is [2H]N[C@@H](C)C(=O)OC(=O)CC[C@@H](C(N)=O)N(C(C)=O)C1O[C@H](CO)[C@@H](O)[C@H](O[C@H](C)C(=O)O)[C@H]1N. The number of nitrogens with two attached hydrogens (primary N) is 3. The monoisotopic (exact) mass is 493 g/mol. The van der Waals surface area contributed by atoms with E-state index in [1.165, 1.54) is 13.8 Å². The number of carbonyl (C=O) groups is 5. The van der Waals surface area contributed by atoms with Crippen LogP contribution < -0.4 is 17.2 Å². The molecule has 1 rings (SSSR count). The zero-order valence-corrected chi connectivity index (χ0v) is 18.9. The van der Waals surface area contributed by atoms with Gasteiger partial charge in [-0.2, -0.15) is 0 Å². The summed E-state index contributed by atoms with van der Waals surface area (Å²) in [5.74, 6) is -5.31. The number of aliphatic hydroxyl groups is 2. The van der Waals surface area contributed by atoms with E-state index in [0.29, 0.717) is 0 Å². The van der Waals surface area contributed by atoms with Gasteiger partial charge in [-0.15, -0.1) is 0 Å². The molecule has 8 atom stereocenters. The first-order chi connectivity index (χ1) is 16.3. The number of amides is 2. The number of ether oxygens (including phenoxy) is 3. The van der Waals surface area contributed by atoms with E-state index in [2.05, 4.69) is 4.74 Å². The number of carboxylic acids is 1. The van der Waals surface area contributed by atoms with Crippen molar-refractivity contribution in [1.82, 2.24) is 4.90 Å². The van der Waals surface area contributed by atoms with Gasteiger partial charge in [-0.05, 0) is 20.3 Å². The summed E-state index contributed by atoms with van der Waals surface area (Å²) >= 11 is 0. The molecule has 34 heavy (non-hydrogen) atoms. The highest BCUT2D eigenvalue weighted by Crippen LogP contribution is 2.28. The summed E-state index contributed by atoms with van der Waals surface area (Å²) < 4.78 is 22.3. The summed E-state index contributed by atoms with van der Waals surface area (Å²) in [6, 6.07) is -4.01. The van der Waals surface area contributed by atoms with Gasteiger partial charge in [0.2, 0.25) is 11.8 Å². The summed E-state index contributed by atoms with van der Waals surface area (Å²) in [6.07, 6.45) is -8.30. The van der Waals surface area contributed by atoms with Crippen molar-refractivity contribution < 1.29 is 54.9 Å². The second-order valence-electron chi connectivity index (χ2n) is 7.79. The fraction of sp³-hybridized carbons (Fsp3) is 0.737. The van der Waals surface area contributed by atoms with Crippen LogP contribution in [0, 0.1) is 0 Å². The number of aliphatic hydroxyl groups excluding tert-OH is 2. The molecule has 1 heterocycles. The molecule has 1 saturated heterocycles. The minimum atomic E-state index is -1.58. The third kappa shape index (κ3) is 7.41. The standard InChI is InChI=1S/C19H32N4O11/c1-7(20)19(31)34-12(26)5-4-10(16(22)28)23(9(3)25)17-13(21)15(32-8(2)18(29)30)14(27)11(6-24)33-17/h7-8,10-11,13-15,17,24,27H,4-6,20-21H2,1-3H3,(H2,22,28)(H,29,30)/t7-,8+,10-,11+,13+,14+,15+,17?/m0/s1/i/hD. The van der Waals surface area contributed by atoms with E-state index < -0.39 is 97.9 Å². The van der Waals surface area contributed by atoms with Gasteiger partial charge >= 0.3 is 17.9 Å². The average molecular weight is 493 g/mol. The van der Waals surface area contributed by atoms with E-state index in [9.17, 15) is 34.2 Å². The Morgan fingerprint density at radius 3 is 2.32 bits per heavy atom. The van der Waals surface area contributed by atoms with Crippen LogP contribution in [0.1, 0.15) is 33.6 Å². The van der Waals surface area contributed by atoms with E-state index in [1.54, 1.807) is 0 Å². The normalized spacial score (nSPS) is 27.6. The van der Waals surface area contributed by atoms with Crippen molar-refractivity contribution in [3.63, 3.8) is 0 Å². The van der Waals surface area contributed by atoms with Gasteiger partial charge in [0.05, 0.1) is 12.6 Å². The molecule has 1 aliphatic rings. The molecule has 15 heteroatoms. The van der Waals surface area contributed by atoms with Crippen LogP contribution in [0.2, 0.25) is 1.41 Å². The smallest absolute Gasteiger partial charge is 0.332 e. The minimum Gasteiger partial charge on any atom is -0.479 e. The molecule has 0 radical (unpaired) electrons. The van der Waals surface area contributed by atoms with Crippen LogP contribution in [-0.4, -0.2) is 105 Å². The molecule has 0 bridgehead atoms. The molecule has 0 aromatic rings. The Morgan fingerprint density at radius 2 is 1.85 bits per heavy atom. The van der Waals surface area contributed by atoms with Crippen molar-refractivity contribution in [2.24, 2.45) is 17.2 Å². The molecule has 2 amide bonds. The molecule has 1 aliphatic heterocycles. The van der Waals surface area contributed by atoms with Gasteiger partial charge in [0.15, 0.2) is 12.3 Å². The van der Waals surface area contributed by atoms with Crippen molar-refractivity contribution in [1.29, 1.82) is 0 Å². The fourth-order valence-corrected chi connectivity index (χ4v) is 3.32. The van der Waals surface area contributed by atoms with Gasteiger partial charge in [-0.25, -0.2) is 9.59 Å². The number of esters is 2. The van der Waals surface area contributed by atoms with Crippen LogP contribution >= 0.6 is 0 Å². The highest BCUT2D eigenvalue weighted by Gasteiger charge is 2.49. The average Bonchev–Trinajstić information content (AvgIpc) is 2.78. The van der Waals surface area contributed by atoms with Gasteiger partial charge in [-0.3, -0.25) is 14.4 Å². The molecule has 0 aliphatic carbocycles. The molecule has 9 N–H and O–H groups in total. The lowest BCUT2D eigenvalue weighted by molar-refractivity contribution is -0.246.